The number of anilines is 1. The highest BCUT2D eigenvalue weighted by Crippen LogP contribution is 2.23. The van der Waals surface area contributed by atoms with Gasteiger partial charge in [-0.15, -0.1) is 0 Å². The van der Waals surface area contributed by atoms with Crippen molar-refractivity contribution in [1.29, 1.82) is 0 Å². The average Bonchev–Trinajstić information content (AvgIpc) is 2.63. The first-order valence-corrected chi connectivity index (χ1v) is 9.35. The highest BCUT2D eigenvalue weighted by Gasteiger charge is 2.19. The third-order valence-electron chi connectivity index (χ3n) is 4.81. The molecule has 134 valence electrons. The Morgan fingerprint density at radius 3 is 2.73 bits per heavy atom. The normalized spacial score (nSPS) is 15.5. The lowest BCUT2D eigenvalue weighted by molar-refractivity contribution is 0.434. The third kappa shape index (κ3) is 3.01. The van der Waals surface area contributed by atoms with Crippen LogP contribution in [0.1, 0.15) is 19.8 Å². The van der Waals surface area contributed by atoms with E-state index in [-0.39, 0.29) is 5.56 Å². The molecule has 1 saturated heterocycles. The molecule has 0 bridgehead atoms. The quantitative estimate of drug-likeness (QED) is 0.678. The number of nitrogens with zero attached hydrogens (tertiary/aromatic N) is 4. The fraction of sp³-hybridized carbons (Fsp3) is 0.333. The van der Waals surface area contributed by atoms with Gasteiger partial charge in [0.25, 0.3) is 5.56 Å². The van der Waals surface area contributed by atoms with E-state index >= 15 is 0 Å². The number of piperidine rings is 1. The molecule has 0 aliphatic carbocycles. The zero-order valence-electron chi connectivity index (χ0n) is 14.3. The number of hydrogen-bond acceptors (Lipinski definition) is 5. The van der Waals surface area contributed by atoms with E-state index in [1.807, 2.05) is 18.2 Å². The Balaban J connectivity index is 1.83. The summed E-state index contributed by atoms with van der Waals surface area (Å²) < 4.78 is 1.98. The lowest BCUT2D eigenvalue weighted by atomic mass is 10.00. The Kier molecular flexibility index (Phi) is 4.50. The van der Waals surface area contributed by atoms with Crippen LogP contribution >= 0.6 is 23.8 Å². The summed E-state index contributed by atoms with van der Waals surface area (Å²) in [4.78, 5) is 26.6. The van der Waals surface area contributed by atoms with Crippen LogP contribution in [-0.4, -0.2) is 32.6 Å². The maximum Gasteiger partial charge on any atom is 0.264 e. The summed E-state index contributed by atoms with van der Waals surface area (Å²) in [7, 11) is 0. The number of H-pyrrole nitrogens is 1. The van der Waals surface area contributed by atoms with Gasteiger partial charge in [-0.2, -0.15) is 4.98 Å². The van der Waals surface area contributed by atoms with E-state index in [2.05, 4.69) is 26.8 Å². The van der Waals surface area contributed by atoms with E-state index < -0.39 is 0 Å². The minimum Gasteiger partial charge on any atom is -0.342 e. The standard InChI is InChI=1S/C18H18ClN5OS/c1-11-6-8-23(9-7-11)18-21-15-14(16(25)22-18)17(26)24(10-20-15)13-5-3-2-4-12(13)19/h2-5,10-11H,6-9H2,1H3,(H,21,22,25). The lowest BCUT2D eigenvalue weighted by Gasteiger charge is -2.30. The molecule has 3 heterocycles. The number of para-hydroxylation sites is 1. The first-order valence-electron chi connectivity index (χ1n) is 8.56. The van der Waals surface area contributed by atoms with Gasteiger partial charge in [0.05, 0.1) is 10.7 Å². The van der Waals surface area contributed by atoms with Crippen molar-refractivity contribution < 1.29 is 0 Å². The fourth-order valence-electron chi connectivity index (χ4n) is 3.21. The predicted octanol–water partition coefficient (Wildman–Crippen LogP) is 3.73. The zero-order chi connectivity index (χ0) is 18.3. The molecular formula is C18H18ClN5OS. The molecule has 3 aromatic rings. The molecule has 0 atom stereocenters. The van der Waals surface area contributed by atoms with Crippen LogP contribution in [0.5, 0.6) is 0 Å². The predicted molar refractivity (Wildman–Crippen MR) is 106 cm³/mol. The molecule has 4 rings (SSSR count). The molecule has 0 unspecified atom stereocenters. The molecule has 6 nitrogen and oxygen atoms in total. The Morgan fingerprint density at radius 1 is 1.27 bits per heavy atom. The molecule has 2 aromatic heterocycles. The molecule has 0 spiro atoms. The fourth-order valence-corrected chi connectivity index (χ4v) is 3.77. The van der Waals surface area contributed by atoms with Crippen LogP contribution in [-0.2, 0) is 0 Å². The summed E-state index contributed by atoms with van der Waals surface area (Å²) in [5.74, 6) is 1.26. The summed E-state index contributed by atoms with van der Waals surface area (Å²) in [6.07, 6.45) is 3.74. The molecule has 0 saturated carbocycles. The first-order chi connectivity index (χ1) is 12.5. The van der Waals surface area contributed by atoms with Gasteiger partial charge in [-0.1, -0.05) is 42.9 Å². The van der Waals surface area contributed by atoms with Crippen LogP contribution in [0.3, 0.4) is 0 Å². The van der Waals surface area contributed by atoms with Gasteiger partial charge in [-0.25, -0.2) is 4.98 Å². The smallest absolute Gasteiger partial charge is 0.264 e. The molecular weight excluding hydrogens is 370 g/mol. The van der Waals surface area contributed by atoms with E-state index in [9.17, 15) is 4.79 Å². The Hall–Kier alpha value is -2.25. The van der Waals surface area contributed by atoms with E-state index in [4.69, 9.17) is 23.8 Å². The Labute approximate surface area is 160 Å². The van der Waals surface area contributed by atoms with Gasteiger partial charge in [0.15, 0.2) is 5.65 Å². The number of fused-ring (bicyclic) bond motifs is 1. The van der Waals surface area contributed by atoms with E-state index in [1.54, 1.807) is 17.0 Å². The van der Waals surface area contributed by atoms with Gasteiger partial charge in [0.1, 0.15) is 16.4 Å². The topological polar surface area (TPSA) is 66.8 Å². The molecule has 8 heteroatoms. The van der Waals surface area contributed by atoms with Crippen LogP contribution in [0.4, 0.5) is 5.95 Å². The van der Waals surface area contributed by atoms with Crippen molar-refractivity contribution in [2.24, 2.45) is 5.92 Å². The monoisotopic (exact) mass is 387 g/mol. The van der Waals surface area contributed by atoms with Crippen molar-refractivity contribution in [3.63, 3.8) is 0 Å². The molecule has 0 radical (unpaired) electrons. The number of halogens is 1. The number of rotatable bonds is 2. The zero-order valence-corrected chi connectivity index (χ0v) is 15.8. The van der Waals surface area contributed by atoms with Gasteiger partial charge < -0.3 is 4.90 Å². The lowest BCUT2D eigenvalue weighted by Crippen LogP contribution is -2.35. The van der Waals surface area contributed by atoms with E-state index in [0.29, 0.717) is 38.3 Å². The van der Waals surface area contributed by atoms with Crippen LogP contribution in [0, 0.1) is 10.6 Å². The third-order valence-corrected chi connectivity index (χ3v) is 5.53. The number of aromatic amines is 1. The molecule has 1 aliphatic rings. The SMILES string of the molecule is CC1CCN(c2nc3ncn(-c4ccccc4Cl)c(=S)c3c(=O)[nH]2)CC1. The van der Waals surface area contributed by atoms with E-state index in [1.165, 1.54) is 0 Å². The molecule has 1 fully saturated rings. The van der Waals surface area contributed by atoms with Crippen molar-refractivity contribution in [1.82, 2.24) is 19.5 Å². The second kappa shape index (κ2) is 6.81. The van der Waals surface area contributed by atoms with Crippen LogP contribution < -0.4 is 10.5 Å². The Bertz CT molecular complexity index is 1080. The number of nitrogens with one attached hydrogen (secondary N) is 1. The Morgan fingerprint density at radius 2 is 2.00 bits per heavy atom. The maximum absolute atomic E-state index is 12.7. The van der Waals surface area contributed by atoms with Crippen molar-refractivity contribution >= 4 is 40.8 Å². The minimum atomic E-state index is -0.275. The highest BCUT2D eigenvalue weighted by atomic mass is 35.5. The summed E-state index contributed by atoms with van der Waals surface area (Å²) in [5, 5.41) is 0.838. The summed E-state index contributed by atoms with van der Waals surface area (Å²) in [5.41, 5.74) is 0.764. The van der Waals surface area contributed by atoms with E-state index in [0.717, 1.165) is 25.9 Å². The second-order valence-electron chi connectivity index (χ2n) is 6.63. The van der Waals surface area contributed by atoms with Gasteiger partial charge in [-0.3, -0.25) is 14.3 Å². The number of hydrogen-bond donors (Lipinski definition) is 1. The largest absolute Gasteiger partial charge is 0.342 e. The van der Waals surface area contributed by atoms with Gasteiger partial charge in [0.2, 0.25) is 5.95 Å². The van der Waals surface area contributed by atoms with Gasteiger partial charge >= 0.3 is 0 Å². The summed E-state index contributed by atoms with van der Waals surface area (Å²) >= 11 is 11.8. The second-order valence-corrected chi connectivity index (χ2v) is 7.42. The van der Waals surface area contributed by atoms with Gasteiger partial charge in [0, 0.05) is 13.1 Å². The van der Waals surface area contributed by atoms with Crippen molar-refractivity contribution in [2.45, 2.75) is 19.8 Å². The van der Waals surface area contributed by atoms with Crippen molar-refractivity contribution in [3.05, 3.63) is 50.6 Å². The van der Waals surface area contributed by atoms with Crippen LogP contribution in [0.15, 0.2) is 35.4 Å². The molecule has 26 heavy (non-hydrogen) atoms. The minimum absolute atomic E-state index is 0.275. The van der Waals surface area contributed by atoms with Gasteiger partial charge in [-0.05, 0) is 30.9 Å². The molecule has 1 N–H and O–H groups in total. The first kappa shape index (κ1) is 17.2. The highest BCUT2D eigenvalue weighted by molar-refractivity contribution is 7.71. The summed E-state index contributed by atoms with van der Waals surface area (Å²) in [6, 6.07) is 7.29. The maximum atomic E-state index is 12.7. The summed E-state index contributed by atoms with van der Waals surface area (Å²) in [6.45, 7) is 4.00. The number of aromatic nitrogens is 4. The van der Waals surface area contributed by atoms with Crippen LogP contribution in [0.25, 0.3) is 16.7 Å². The van der Waals surface area contributed by atoms with Crippen molar-refractivity contribution in [2.75, 3.05) is 18.0 Å². The average molecular weight is 388 g/mol. The van der Waals surface area contributed by atoms with Crippen molar-refractivity contribution in [3.8, 4) is 5.69 Å². The molecule has 1 aromatic carbocycles. The molecule has 0 amide bonds. The molecule has 1 aliphatic heterocycles. The van der Waals surface area contributed by atoms with Crippen LogP contribution in [0.2, 0.25) is 5.02 Å². The number of benzene rings is 1.